The third-order valence-corrected chi connectivity index (χ3v) is 6.21. The molecule has 9 heteroatoms. The molecule has 0 saturated carbocycles. The highest BCUT2D eigenvalue weighted by atomic mass is 35.5. The molecular formula is C28H30ClN5O3. The number of ether oxygens (including phenoxy) is 1. The summed E-state index contributed by atoms with van der Waals surface area (Å²) in [5, 5.41) is 15.6. The summed E-state index contributed by atoms with van der Waals surface area (Å²) in [7, 11) is 0. The molecule has 0 radical (unpaired) electrons. The zero-order chi connectivity index (χ0) is 27.0. The number of pyridine rings is 1. The van der Waals surface area contributed by atoms with Crippen LogP contribution in [0.3, 0.4) is 0 Å². The van der Waals surface area contributed by atoms with Gasteiger partial charge in [-0.05, 0) is 62.4 Å². The summed E-state index contributed by atoms with van der Waals surface area (Å²) >= 11 is 6.51. The molecular weight excluding hydrogens is 490 g/mol. The van der Waals surface area contributed by atoms with E-state index < -0.39 is 11.7 Å². The molecule has 3 aromatic rings. The maximum atomic E-state index is 12.8. The fourth-order valence-corrected chi connectivity index (χ4v) is 4.69. The average Bonchev–Trinajstić information content (AvgIpc) is 3.26. The fourth-order valence-electron chi connectivity index (χ4n) is 4.49. The lowest BCUT2D eigenvalue weighted by Crippen LogP contribution is -2.27. The summed E-state index contributed by atoms with van der Waals surface area (Å²) in [6, 6.07) is 12.9. The van der Waals surface area contributed by atoms with E-state index in [2.05, 4.69) is 35.5 Å². The van der Waals surface area contributed by atoms with E-state index in [1.807, 2.05) is 10.6 Å². The van der Waals surface area contributed by atoms with Crippen LogP contribution >= 0.6 is 11.6 Å². The van der Waals surface area contributed by atoms with Gasteiger partial charge in [-0.1, -0.05) is 37.6 Å². The minimum atomic E-state index is -0.612. The van der Waals surface area contributed by atoms with E-state index in [9.17, 15) is 14.9 Å². The molecule has 8 nitrogen and oxygen atoms in total. The number of carbonyl (C=O) groups excluding carboxylic acids is 2. The van der Waals surface area contributed by atoms with E-state index in [4.69, 9.17) is 16.3 Å². The van der Waals surface area contributed by atoms with Crippen molar-refractivity contribution < 1.29 is 14.3 Å². The van der Waals surface area contributed by atoms with E-state index >= 15 is 0 Å². The van der Waals surface area contributed by atoms with Crippen molar-refractivity contribution in [1.29, 1.82) is 5.26 Å². The summed E-state index contributed by atoms with van der Waals surface area (Å²) in [5.41, 5.74) is 3.93. The van der Waals surface area contributed by atoms with Gasteiger partial charge in [0.1, 0.15) is 23.2 Å². The number of fused-ring (bicyclic) bond motifs is 1. The maximum absolute atomic E-state index is 12.8. The molecule has 37 heavy (non-hydrogen) atoms. The minimum absolute atomic E-state index is 0.0420. The molecule has 0 atom stereocenters. The summed E-state index contributed by atoms with van der Waals surface area (Å²) < 4.78 is 7.32. The zero-order valence-corrected chi connectivity index (χ0v) is 22.4. The average molecular weight is 520 g/mol. The fraction of sp³-hybridized carbons (Fsp3) is 0.357. The van der Waals surface area contributed by atoms with E-state index in [0.29, 0.717) is 27.8 Å². The Hall–Kier alpha value is -3.83. The van der Waals surface area contributed by atoms with Crippen molar-refractivity contribution in [2.45, 2.75) is 59.6 Å². The van der Waals surface area contributed by atoms with Gasteiger partial charge in [0, 0.05) is 35.2 Å². The molecule has 0 unspecified atom stereocenters. The Morgan fingerprint density at radius 2 is 1.95 bits per heavy atom. The van der Waals surface area contributed by atoms with Crippen molar-refractivity contribution in [2.75, 3.05) is 10.6 Å². The normalized spacial score (nSPS) is 14.0. The van der Waals surface area contributed by atoms with Crippen molar-refractivity contribution in [3.05, 3.63) is 64.6 Å². The molecule has 0 fully saturated rings. The number of halogens is 1. The second-order valence-electron chi connectivity index (χ2n) is 11.0. The third kappa shape index (κ3) is 6.30. The lowest BCUT2D eigenvalue weighted by molar-refractivity contribution is -0.115. The largest absolute Gasteiger partial charge is 0.444 e. The van der Waals surface area contributed by atoms with Crippen LogP contribution in [-0.2, 0) is 28.9 Å². The number of aromatic nitrogens is 2. The van der Waals surface area contributed by atoms with Crippen LogP contribution in [0.1, 0.15) is 51.6 Å². The lowest BCUT2D eigenvalue weighted by atomic mass is 9.89. The Morgan fingerprint density at radius 3 is 2.65 bits per heavy atom. The van der Waals surface area contributed by atoms with Crippen LogP contribution in [0, 0.1) is 16.7 Å². The van der Waals surface area contributed by atoms with Crippen molar-refractivity contribution in [3.8, 4) is 17.2 Å². The van der Waals surface area contributed by atoms with Crippen molar-refractivity contribution >= 4 is 35.1 Å². The van der Waals surface area contributed by atoms with Crippen molar-refractivity contribution in [1.82, 2.24) is 9.55 Å². The van der Waals surface area contributed by atoms with E-state index in [1.54, 1.807) is 51.1 Å². The SMILES string of the molecule is CC1(C)Cc2c(-c3cc(NC(=O)Cc4cccc(NC(=O)OC(C)(C)C)c4)ncc3Cl)cc(C#N)n2C1. The van der Waals surface area contributed by atoms with Gasteiger partial charge in [0.15, 0.2) is 0 Å². The highest BCUT2D eigenvalue weighted by molar-refractivity contribution is 6.33. The third-order valence-electron chi connectivity index (χ3n) is 5.91. The molecule has 4 rings (SSSR count). The van der Waals surface area contributed by atoms with E-state index in [1.165, 1.54) is 6.20 Å². The maximum Gasteiger partial charge on any atom is 0.412 e. The van der Waals surface area contributed by atoms with Gasteiger partial charge >= 0.3 is 6.09 Å². The van der Waals surface area contributed by atoms with Gasteiger partial charge in [0.05, 0.1) is 11.4 Å². The number of anilines is 2. The van der Waals surface area contributed by atoms with Gasteiger partial charge in [-0.2, -0.15) is 5.26 Å². The molecule has 1 aromatic carbocycles. The van der Waals surface area contributed by atoms with Gasteiger partial charge < -0.3 is 14.6 Å². The number of hydrogen-bond donors (Lipinski definition) is 2. The van der Waals surface area contributed by atoms with E-state index in [0.717, 1.165) is 29.8 Å². The summed E-state index contributed by atoms with van der Waals surface area (Å²) in [6.45, 7) is 10.5. The topological polar surface area (TPSA) is 109 Å². The van der Waals surface area contributed by atoms with Gasteiger partial charge in [-0.3, -0.25) is 10.1 Å². The standard InChI is InChI=1S/C28H30ClN5O3/c1-27(2,3)37-26(36)32-18-8-6-7-17(9-18)10-25(35)33-24-12-20(22(29)15-31-24)21-11-19(14-30)34-16-28(4,5)13-23(21)34/h6-9,11-12,15H,10,13,16H2,1-5H3,(H,32,36)(H,31,33,35). The monoisotopic (exact) mass is 519 g/mol. The van der Waals surface area contributed by atoms with Crippen molar-refractivity contribution in [3.63, 3.8) is 0 Å². The number of carbonyl (C=O) groups is 2. The smallest absolute Gasteiger partial charge is 0.412 e. The number of rotatable bonds is 5. The van der Waals surface area contributed by atoms with Crippen LogP contribution in [0.2, 0.25) is 5.02 Å². The molecule has 1 aliphatic heterocycles. The van der Waals surface area contributed by atoms with Crippen LogP contribution in [-0.4, -0.2) is 27.2 Å². The highest BCUT2D eigenvalue weighted by Gasteiger charge is 2.33. The molecule has 192 valence electrons. The lowest BCUT2D eigenvalue weighted by Gasteiger charge is -2.19. The molecule has 0 aliphatic carbocycles. The number of amides is 2. The first-order valence-electron chi connectivity index (χ1n) is 12.0. The van der Waals surface area contributed by atoms with E-state index in [-0.39, 0.29) is 17.7 Å². The number of hydrogen-bond acceptors (Lipinski definition) is 5. The first-order valence-corrected chi connectivity index (χ1v) is 12.4. The van der Waals surface area contributed by atoms with Gasteiger partial charge in [-0.15, -0.1) is 0 Å². The second-order valence-corrected chi connectivity index (χ2v) is 11.4. The first kappa shape index (κ1) is 26.2. The number of benzene rings is 1. The summed E-state index contributed by atoms with van der Waals surface area (Å²) in [4.78, 5) is 29.1. The van der Waals surface area contributed by atoms with Gasteiger partial charge in [0.25, 0.3) is 0 Å². The predicted octanol–water partition coefficient (Wildman–Crippen LogP) is 6.19. The van der Waals surface area contributed by atoms with Crippen LogP contribution in [0.5, 0.6) is 0 Å². The van der Waals surface area contributed by atoms with Crippen molar-refractivity contribution in [2.24, 2.45) is 5.41 Å². The molecule has 3 heterocycles. The Balaban J connectivity index is 1.49. The molecule has 2 N–H and O–H groups in total. The Labute approximate surface area is 221 Å². The molecule has 0 saturated heterocycles. The van der Waals surface area contributed by atoms with Crippen LogP contribution < -0.4 is 10.6 Å². The van der Waals surface area contributed by atoms with Gasteiger partial charge in [0.2, 0.25) is 5.91 Å². The Bertz CT molecular complexity index is 1410. The summed E-state index contributed by atoms with van der Waals surface area (Å²) in [6.07, 6.45) is 1.84. The zero-order valence-electron chi connectivity index (χ0n) is 21.6. The summed E-state index contributed by atoms with van der Waals surface area (Å²) in [5.74, 6) is 0.0966. The highest BCUT2D eigenvalue weighted by Crippen LogP contribution is 2.42. The molecule has 1 aliphatic rings. The second kappa shape index (κ2) is 9.91. The van der Waals surface area contributed by atoms with Crippen LogP contribution in [0.4, 0.5) is 16.3 Å². The Kier molecular flexibility index (Phi) is 7.03. The molecule has 2 amide bonds. The quantitative estimate of drug-likeness (QED) is 0.418. The van der Waals surface area contributed by atoms with Gasteiger partial charge in [-0.25, -0.2) is 9.78 Å². The molecule has 0 bridgehead atoms. The van der Waals surface area contributed by atoms with Crippen LogP contribution in [0.15, 0.2) is 42.6 Å². The molecule has 2 aromatic heterocycles. The molecule has 0 spiro atoms. The predicted molar refractivity (Wildman–Crippen MR) is 144 cm³/mol. The number of nitriles is 1. The first-order chi connectivity index (χ1) is 17.3. The van der Waals surface area contributed by atoms with Crippen LogP contribution in [0.25, 0.3) is 11.1 Å². The number of nitrogens with zero attached hydrogens (tertiary/aromatic N) is 3. The minimum Gasteiger partial charge on any atom is -0.444 e. The Morgan fingerprint density at radius 1 is 1.19 bits per heavy atom. The number of nitrogens with one attached hydrogen (secondary N) is 2.